The molecule has 170 valence electrons. The van der Waals surface area contributed by atoms with Crippen LogP contribution in [0.3, 0.4) is 0 Å². The first kappa shape index (κ1) is 22.2. The second-order valence-corrected chi connectivity index (χ2v) is 10.3. The SMILES string of the molecule is Cc1ccc(S(=O)(=O)N2CCN(c3ccc(C(=O)NC4CC4)cc3[N+](=O)[O-])CC2)c(C)c1. The lowest BCUT2D eigenvalue weighted by atomic mass is 10.1. The van der Waals surface area contributed by atoms with Crippen LogP contribution in [0.5, 0.6) is 0 Å². The summed E-state index contributed by atoms with van der Waals surface area (Å²) in [4.78, 5) is 25.5. The van der Waals surface area contributed by atoms with Gasteiger partial charge in [-0.1, -0.05) is 17.7 Å². The largest absolute Gasteiger partial charge is 0.363 e. The Labute approximate surface area is 187 Å². The van der Waals surface area contributed by atoms with Crippen molar-refractivity contribution in [2.45, 2.75) is 37.6 Å². The molecule has 1 aliphatic carbocycles. The lowest BCUT2D eigenvalue weighted by Gasteiger charge is -2.35. The first-order valence-corrected chi connectivity index (χ1v) is 12.0. The van der Waals surface area contributed by atoms with Gasteiger partial charge in [-0.3, -0.25) is 14.9 Å². The number of nitro groups is 1. The van der Waals surface area contributed by atoms with Crippen molar-refractivity contribution in [2.75, 3.05) is 31.1 Å². The van der Waals surface area contributed by atoms with Crippen LogP contribution in [0.1, 0.15) is 34.3 Å². The normalized spacial score (nSPS) is 17.2. The van der Waals surface area contributed by atoms with Crippen LogP contribution >= 0.6 is 0 Å². The van der Waals surface area contributed by atoms with Crippen molar-refractivity contribution in [3.8, 4) is 0 Å². The number of piperazine rings is 1. The van der Waals surface area contributed by atoms with Gasteiger partial charge in [0.1, 0.15) is 5.69 Å². The number of carbonyl (C=O) groups excluding carboxylic acids is 1. The lowest BCUT2D eigenvalue weighted by Crippen LogP contribution is -2.49. The van der Waals surface area contributed by atoms with Crippen LogP contribution < -0.4 is 10.2 Å². The van der Waals surface area contributed by atoms with E-state index in [1.807, 2.05) is 13.0 Å². The minimum Gasteiger partial charge on any atom is -0.363 e. The highest BCUT2D eigenvalue weighted by Crippen LogP contribution is 2.31. The molecule has 2 aliphatic rings. The van der Waals surface area contributed by atoms with Gasteiger partial charge in [-0.25, -0.2) is 8.42 Å². The van der Waals surface area contributed by atoms with Crippen LogP contribution in [0.2, 0.25) is 0 Å². The standard InChI is InChI=1S/C22H26N4O5S/c1-15-3-8-21(16(2)13-15)32(30,31)25-11-9-24(10-12-25)19-7-4-17(14-20(19)26(28)29)22(27)23-18-5-6-18/h3-4,7-8,13-14,18H,5-6,9-12H2,1-2H3,(H,23,27). The third kappa shape index (κ3) is 4.46. The van der Waals surface area contributed by atoms with Crippen molar-refractivity contribution in [3.63, 3.8) is 0 Å². The van der Waals surface area contributed by atoms with Crippen molar-refractivity contribution < 1.29 is 18.1 Å². The summed E-state index contributed by atoms with van der Waals surface area (Å²) < 4.78 is 27.6. The molecule has 9 nitrogen and oxygen atoms in total. The second kappa shape index (κ2) is 8.51. The van der Waals surface area contributed by atoms with Gasteiger partial charge in [0.25, 0.3) is 11.6 Å². The highest BCUT2D eigenvalue weighted by atomic mass is 32.2. The molecule has 1 amide bonds. The minimum atomic E-state index is -3.65. The van der Waals surface area contributed by atoms with Crippen molar-refractivity contribution >= 4 is 27.3 Å². The van der Waals surface area contributed by atoms with Crippen molar-refractivity contribution in [2.24, 2.45) is 0 Å². The molecule has 1 heterocycles. The Hall–Kier alpha value is -2.98. The Morgan fingerprint density at radius 2 is 1.75 bits per heavy atom. The number of hydrogen-bond donors (Lipinski definition) is 1. The number of aryl methyl sites for hydroxylation is 2. The van der Waals surface area contributed by atoms with Crippen molar-refractivity contribution in [3.05, 3.63) is 63.2 Å². The summed E-state index contributed by atoms with van der Waals surface area (Å²) in [5, 5.41) is 14.5. The van der Waals surface area contributed by atoms with E-state index in [-0.39, 0.29) is 41.2 Å². The third-order valence-corrected chi connectivity index (χ3v) is 7.93. The number of hydrogen-bond acceptors (Lipinski definition) is 6. The van der Waals surface area contributed by atoms with Gasteiger partial charge in [-0.15, -0.1) is 0 Å². The molecule has 10 heteroatoms. The summed E-state index contributed by atoms with van der Waals surface area (Å²) in [6.45, 7) is 4.76. The molecular weight excluding hydrogens is 432 g/mol. The Kier molecular flexibility index (Phi) is 5.91. The monoisotopic (exact) mass is 458 g/mol. The smallest absolute Gasteiger partial charge is 0.293 e. The molecule has 1 N–H and O–H groups in total. The average molecular weight is 459 g/mol. The van der Waals surface area contributed by atoms with Crippen LogP contribution in [0.4, 0.5) is 11.4 Å². The molecule has 0 spiro atoms. The Morgan fingerprint density at radius 1 is 1.06 bits per heavy atom. The number of nitrogens with one attached hydrogen (secondary N) is 1. The molecule has 0 bridgehead atoms. The summed E-state index contributed by atoms with van der Waals surface area (Å²) in [6.07, 6.45) is 1.86. The molecule has 0 aromatic heterocycles. The molecule has 0 unspecified atom stereocenters. The Morgan fingerprint density at radius 3 is 2.34 bits per heavy atom. The van der Waals surface area contributed by atoms with Gasteiger partial charge in [-0.05, 0) is 50.5 Å². The summed E-state index contributed by atoms with van der Waals surface area (Å²) >= 11 is 0. The van der Waals surface area contributed by atoms with Crippen LogP contribution in [0, 0.1) is 24.0 Å². The molecule has 2 fully saturated rings. The number of nitro benzene ring substituents is 1. The third-order valence-electron chi connectivity index (χ3n) is 5.87. The molecule has 2 aromatic rings. The molecule has 1 saturated carbocycles. The average Bonchev–Trinajstić information content (AvgIpc) is 3.57. The van der Waals surface area contributed by atoms with E-state index >= 15 is 0 Å². The van der Waals surface area contributed by atoms with Gasteiger partial charge in [-0.2, -0.15) is 4.31 Å². The molecule has 2 aromatic carbocycles. The van der Waals surface area contributed by atoms with E-state index in [1.165, 1.54) is 10.4 Å². The van der Waals surface area contributed by atoms with E-state index in [0.717, 1.165) is 18.4 Å². The lowest BCUT2D eigenvalue weighted by molar-refractivity contribution is -0.384. The highest BCUT2D eigenvalue weighted by molar-refractivity contribution is 7.89. The fourth-order valence-corrected chi connectivity index (χ4v) is 5.60. The van der Waals surface area contributed by atoms with Crippen molar-refractivity contribution in [1.82, 2.24) is 9.62 Å². The van der Waals surface area contributed by atoms with E-state index in [0.29, 0.717) is 24.3 Å². The van der Waals surface area contributed by atoms with Crippen LogP contribution in [0.15, 0.2) is 41.3 Å². The number of amides is 1. The van der Waals surface area contributed by atoms with E-state index in [4.69, 9.17) is 0 Å². The van der Waals surface area contributed by atoms with Crippen molar-refractivity contribution in [1.29, 1.82) is 0 Å². The predicted molar refractivity (Wildman–Crippen MR) is 120 cm³/mol. The molecule has 1 saturated heterocycles. The molecule has 1 aliphatic heterocycles. The maximum atomic E-state index is 13.1. The Bertz CT molecular complexity index is 1170. The van der Waals surface area contributed by atoms with Crippen LogP contribution in [-0.4, -0.2) is 55.8 Å². The topological polar surface area (TPSA) is 113 Å². The molecule has 32 heavy (non-hydrogen) atoms. The Balaban J connectivity index is 1.51. The van der Waals surface area contributed by atoms with E-state index in [9.17, 15) is 23.3 Å². The summed E-state index contributed by atoms with van der Waals surface area (Å²) in [7, 11) is -3.65. The highest BCUT2D eigenvalue weighted by Gasteiger charge is 2.32. The van der Waals surface area contributed by atoms with E-state index < -0.39 is 14.9 Å². The fourth-order valence-electron chi connectivity index (χ4n) is 3.97. The maximum absolute atomic E-state index is 13.1. The van der Waals surface area contributed by atoms with Gasteiger partial charge in [0, 0.05) is 43.9 Å². The number of rotatable bonds is 6. The van der Waals surface area contributed by atoms with Gasteiger partial charge < -0.3 is 10.2 Å². The quantitative estimate of drug-likeness (QED) is 0.526. The van der Waals surface area contributed by atoms with Gasteiger partial charge >= 0.3 is 0 Å². The van der Waals surface area contributed by atoms with Crippen LogP contribution in [0.25, 0.3) is 0 Å². The maximum Gasteiger partial charge on any atom is 0.293 e. The predicted octanol–water partition coefficient (Wildman–Crippen LogP) is 2.61. The van der Waals surface area contributed by atoms with Crippen LogP contribution in [-0.2, 0) is 10.0 Å². The zero-order valence-electron chi connectivity index (χ0n) is 18.1. The zero-order chi connectivity index (χ0) is 23.0. The first-order chi connectivity index (χ1) is 15.2. The second-order valence-electron chi connectivity index (χ2n) is 8.37. The molecule has 0 atom stereocenters. The molecular formula is C22H26N4O5S. The number of anilines is 1. The number of nitrogens with zero attached hydrogens (tertiary/aromatic N) is 3. The van der Waals surface area contributed by atoms with Gasteiger partial charge in [0.15, 0.2) is 0 Å². The van der Waals surface area contributed by atoms with E-state index in [2.05, 4.69) is 5.32 Å². The first-order valence-electron chi connectivity index (χ1n) is 10.6. The zero-order valence-corrected chi connectivity index (χ0v) is 18.9. The number of benzene rings is 2. The van der Waals surface area contributed by atoms with Gasteiger partial charge in [0.05, 0.1) is 9.82 Å². The van der Waals surface area contributed by atoms with E-state index in [1.54, 1.807) is 36.1 Å². The number of carbonyl (C=O) groups is 1. The molecule has 0 radical (unpaired) electrons. The molecule has 4 rings (SSSR count). The minimum absolute atomic E-state index is 0.154. The summed E-state index contributed by atoms with van der Waals surface area (Å²) in [6, 6.07) is 9.86. The fraction of sp³-hybridized carbons (Fsp3) is 0.409. The number of sulfonamides is 1. The van der Waals surface area contributed by atoms with Gasteiger partial charge in [0.2, 0.25) is 10.0 Å². The summed E-state index contributed by atoms with van der Waals surface area (Å²) in [5.74, 6) is -0.313. The summed E-state index contributed by atoms with van der Waals surface area (Å²) in [5.41, 5.74) is 2.18.